The lowest BCUT2D eigenvalue weighted by molar-refractivity contribution is -0.383. The Labute approximate surface area is 134 Å². The predicted molar refractivity (Wildman–Crippen MR) is 84.9 cm³/mol. The summed E-state index contributed by atoms with van der Waals surface area (Å²) >= 11 is 0. The fourth-order valence-electron chi connectivity index (χ4n) is 4.34. The molecule has 0 radical (unpaired) electrons. The Morgan fingerprint density at radius 3 is 2.39 bits per heavy atom. The minimum Gasteiger partial charge on any atom is -0.320 e. The number of carbonyl (C=O) groups excluding carboxylic acids is 2. The third-order valence-electron chi connectivity index (χ3n) is 6.49. The van der Waals surface area contributed by atoms with Crippen LogP contribution in [0.4, 0.5) is 11.4 Å². The SMILES string of the molecule is CC1(C)[C@@]2(C(=O)Nc3ccccc3[N+](=O)[O-])CC[C@]1(C)C(=O)C2. The minimum atomic E-state index is -0.789. The molecule has 0 unspecified atom stereocenters. The number of nitrogens with one attached hydrogen (secondary N) is 1. The number of nitro groups is 1. The average Bonchev–Trinajstić information content (AvgIpc) is 2.78. The standard InChI is InChI=1S/C17H20N2O4/c1-15(2)16(3)8-9-17(15,10-13(16)20)14(21)18-11-6-4-5-7-12(11)19(22)23/h4-7H,8-10H2,1-3H3,(H,18,21)/t16-,17+/m1/s1. The Bertz CT molecular complexity index is 727. The Morgan fingerprint density at radius 2 is 1.87 bits per heavy atom. The van der Waals surface area contributed by atoms with Crippen molar-refractivity contribution in [1.82, 2.24) is 0 Å². The van der Waals surface area contributed by atoms with Crippen LogP contribution in [0.5, 0.6) is 0 Å². The maximum Gasteiger partial charge on any atom is 0.292 e. The van der Waals surface area contributed by atoms with Gasteiger partial charge in [0.1, 0.15) is 11.5 Å². The van der Waals surface area contributed by atoms with Gasteiger partial charge in [-0.3, -0.25) is 19.7 Å². The molecule has 0 heterocycles. The predicted octanol–water partition coefficient (Wildman–Crippen LogP) is 3.32. The zero-order chi connectivity index (χ0) is 17.0. The highest BCUT2D eigenvalue weighted by molar-refractivity contribution is 6.05. The highest BCUT2D eigenvalue weighted by Gasteiger charge is 2.72. The zero-order valence-corrected chi connectivity index (χ0v) is 13.5. The molecule has 1 aromatic rings. The molecule has 2 fully saturated rings. The fourth-order valence-corrected chi connectivity index (χ4v) is 4.34. The second kappa shape index (κ2) is 4.63. The summed E-state index contributed by atoms with van der Waals surface area (Å²) in [5, 5.41) is 13.8. The number of para-hydroxylation sites is 2. The number of anilines is 1. The van der Waals surface area contributed by atoms with Crippen LogP contribution in [0.15, 0.2) is 24.3 Å². The number of Topliss-reactive ketones (excluding diaryl/α,β-unsaturated/α-hetero) is 1. The molecule has 0 aromatic heterocycles. The number of hydrogen-bond acceptors (Lipinski definition) is 4. The van der Waals surface area contributed by atoms with Gasteiger partial charge in [0.25, 0.3) is 5.69 Å². The second-order valence-corrected chi connectivity index (χ2v) is 7.37. The van der Waals surface area contributed by atoms with Gasteiger partial charge < -0.3 is 5.32 Å². The average molecular weight is 316 g/mol. The van der Waals surface area contributed by atoms with Crippen molar-refractivity contribution >= 4 is 23.1 Å². The molecular formula is C17H20N2O4. The summed E-state index contributed by atoms with van der Waals surface area (Å²) in [5.74, 6) is -0.169. The van der Waals surface area contributed by atoms with Gasteiger partial charge in [-0.15, -0.1) is 0 Å². The third-order valence-corrected chi connectivity index (χ3v) is 6.49. The molecule has 2 bridgehead atoms. The van der Waals surface area contributed by atoms with Gasteiger partial charge in [-0.2, -0.15) is 0 Å². The molecule has 0 saturated heterocycles. The number of nitro benzene ring substituents is 1. The van der Waals surface area contributed by atoms with Gasteiger partial charge in [-0.05, 0) is 24.3 Å². The van der Waals surface area contributed by atoms with E-state index in [-0.39, 0.29) is 29.5 Å². The monoisotopic (exact) mass is 316 g/mol. The molecule has 6 heteroatoms. The van der Waals surface area contributed by atoms with Crippen LogP contribution in [0.2, 0.25) is 0 Å². The van der Waals surface area contributed by atoms with Crippen molar-refractivity contribution in [3.63, 3.8) is 0 Å². The number of ketones is 1. The number of rotatable bonds is 3. The summed E-state index contributed by atoms with van der Waals surface area (Å²) in [5.41, 5.74) is -1.71. The number of nitrogens with zero attached hydrogens (tertiary/aromatic N) is 1. The number of fused-ring (bicyclic) bond motifs is 2. The molecule has 2 aliphatic carbocycles. The summed E-state index contributed by atoms with van der Waals surface area (Å²) in [6.45, 7) is 5.86. The van der Waals surface area contributed by atoms with Crippen molar-refractivity contribution < 1.29 is 14.5 Å². The topological polar surface area (TPSA) is 89.3 Å². The van der Waals surface area contributed by atoms with E-state index in [0.717, 1.165) is 0 Å². The maximum atomic E-state index is 13.0. The maximum absolute atomic E-state index is 13.0. The van der Waals surface area contributed by atoms with E-state index >= 15 is 0 Å². The molecule has 3 rings (SSSR count). The second-order valence-electron chi connectivity index (χ2n) is 7.37. The van der Waals surface area contributed by atoms with Crippen LogP contribution in [0.3, 0.4) is 0 Å². The molecule has 1 N–H and O–H groups in total. The molecule has 0 aliphatic heterocycles. The summed E-state index contributed by atoms with van der Waals surface area (Å²) in [7, 11) is 0. The highest BCUT2D eigenvalue weighted by atomic mass is 16.6. The normalized spacial score (nSPS) is 31.2. The molecule has 2 aliphatic rings. The quantitative estimate of drug-likeness (QED) is 0.684. The largest absolute Gasteiger partial charge is 0.320 e. The van der Waals surface area contributed by atoms with Crippen molar-refractivity contribution in [2.75, 3.05) is 5.32 Å². The van der Waals surface area contributed by atoms with Crippen molar-refractivity contribution in [1.29, 1.82) is 0 Å². The van der Waals surface area contributed by atoms with E-state index in [1.54, 1.807) is 12.1 Å². The van der Waals surface area contributed by atoms with E-state index in [4.69, 9.17) is 0 Å². The van der Waals surface area contributed by atoms with Crippen LogP contribution in [0, 0.1) is 26.4 Å². The lowest BCUT2D eigenvalue weighted by atomic mass is 9.64. The zero-order valence-electron chi connectivity index (χ0n) is 13.5. The first-order valence-electron chi connectivity index (χ1n) is 7.74. The summed E-state index contributed by atoms with van der Waals surface area (Å²) in [6, 6.07) is 6.08. The number of benzene rings is 1. The van der Waals surface area contributed by atoms with Crippen LogP contribution >= 0.6 is 0 Å². The third kappa shape index (κ3) is 1.81. The van der Waals surface area contributed by atoms with E-state index in [9.17, 15) is 19.7 Å². The van der Waals surface area contributed by atoms with Gasteiger partial charge in [0.05, 0.1) is 10.3 Å². The van der Waals surface area contributed by atoms with Gasteiger partial charge in [0.2, 0.25) is 5.91 Å². The van der Waals surface area contributed by atoms with E-state index in [2.05, 4.69) is 5.32 Å². The minimum absolute atomic E-state index is 0.117. The van der Waals surface area contributed by atoms with Gasteiger partial charge in [-0.1, -0.05) is 32.9 Å². The Balaban J connectivity index is 1.97. The molecule has 23 heavy (non-hydrogen) atoms. The van der Waals surface area contributed by atoms with E-state index in [0.29, 0.717) is 12.8 Å². The van der Waals surface area contributed by atoms with Gasteiger partial charge in [0.15, 0.2) is 0 Å². The first-order chi connectivity index (χ1) is 10.7. The molecule has 1 amide bonds. The Morgan fingerprint density at radius 1 is 1.22 bits per heavy atom. The smallest absolute Gasteiger partial charge is 0.292 e. The van der Waals surface area contributed by atoms with Crippen LogP contribution < -0.4 is 5.32 Å². The first kappa shape index (κ1) is 15.6. The highest BCUT2D eigenvalue weighted by Crippen LogP contribution is 2.70. The number of hydrogen-bond donors (Lipinski definition) is 1. The summed E-state index contributed by atoms with van der Waals surface area (Å²) < 4.78 is 0. The number of carbonyl (C=O) groups is 2. The molecule has 1 aromatic carbocycles. The lowest BCUT2D eigenvalue weighted by Crippen LogP contribution is -2.43. The summed E-state index contributed by atoms with van der Waals surface area (Å²) in [6.07, 6.45) is 1.53. The lowest BCUT2D eigenvalue weighted by Gasteiger charge is -2.38. The van der Waals surface area contributed by atoms with Crippen LogP contribution in [-0.4, -0.2) is 16.6 Å². The number of amides is 1. The van der Waals surface area contributed by atoms with Gasteiger partial charge in [0, 0.05) is 17.9 Å². The van der Waals surface area contributed by atoms with Gasteiger partial charge in [-0.25, -0.2) is 0 Å². The Hall–Kier alpha value is -2.24. The van der Waals surface area contributed by atoms with Crippen molar-refractivity contribution in [3.8, 4) is 0 Å². The molecule has 0 spiro atoms. The van der Waals surface area contributed by atoms with Crippen molar-refractivity contribution in [3.05, 3.63) is 34.4 Å². The molecule has 122 valence electrons. The fraction of sp³-hybridized carbons (Fsp3) is 0.529. The van der Waals surface area contributed by atoms with Crippen molar-refractivity contribution in [2.45, 2.75) is 40.0 Å². The molecular weight excluding hydrogens is 296 g/mol. The van der Waals surface area contributed by atoms with E-state index in [1.807, 2.05) is 20.8 Å². The van der Waals surface area contributed by atoms with Gasteiger partial charge >= 0.3 is 0 Å². The van der Waals surface area contributed by atoms with E-state index in [1.165, 1.54) is 12.1 Å². The Kier molecular flexibility index (Phi) is 3.15. The summed E-state index contributed by atoms with van der Waals surface area (Å²) in [4.78, 5) is 36.0. The van der Waals surface area contributed by atoms with Crippen LogP contribution in [0.1, 0.15) is 40.0 Å². The molecule has 6 nitrogen and oxygen atoms in total. The first-order valence-corrected chi connectivity index (χ1v) is 7.74. The van der Waals surface area contributed by atoms with Crippen molar-refractivity contribution in [2.24, 2.45) is 16.2 Å². The van der Waals surface area contributed by atoms with Crippen LogP contribution in [0.25, 0.3) is 0 Å². The molecule has 2 atom stereocenters. The van der Waals surface area contributed by atoms with Crippen LogP contribution in [-0.2, 0) is 9.59 Å². The molecule has 2 saturated carbocycles. The van der Waals surface area contributed by atoms with E-state index < -0.39 is 21.2 Å².